The highest BCUT2D eigenvalue weighted by molar-refractivity contribution is 5.79. The molecule has 0 unspecified atom stereocenters. The van der Waals surface area contributed by atoms with E-state index in [1.807, 2.05) is 59.2 Å². The van der Waals surface area contributed by atoms with Crippen LogP contribution in [-0.2, 0) is 11.3 Å². The molecule has 0 fully saturated rings. The van der Waals surface area contributed by atoms with Gasteiger partial charge >= 0.3 is 6.09 Å². The van der Waals surface area contributed by atoms with Gasteiger partial charge in [0.25, 0.3) is 0 Å². The molecule has 0 spiro atoms. The van der Waals surface area contributed by atoms with Crippen molar-refractivity contribution in [3.8, 4) is 0 Å². The molecule has 1 aromatic heterocycles. The topological polar surface area (TPSA) is 43.6 Å². The smallest absolute Gasteiger partial charge is 0.435 e. The summed E-state index contributed by atoms with van der Waals surface area (Å²) in [5, 5.41) is 1.10. The lowest BCUT2D eigenvalue weighted by atomic mass is 10.2. The van der Waals surface area contributed by atoms with Crippen LogP contribution in [0.5, 0.6) is 0 Å². The van der Waals surface area contributed by atoms with Crippen molar-refractivity contribution in [2.24, 2.45) is 4.99 Å². The Morgan fingerprint density at radius 2 is 1.74 bits per heavy atom. The molecular weight excluding hydrogens is 288 g/mol. The quantitative estimate of drug-likeness (QED) is 0.739. The Morgan fingerprint density at radius 1 is 1.00 bits per heavy atom. The van der Waals surface area contributed by atoms with Gasteiger partial charge in [-0.2, -0.15) is 4.99 Å². The molecule has 0 bridgehead atoms. The van der Waals surface area contributed by atoms with Gasteiger partial charge in [-0.15, -0.1) is 0 Å². The SMILES string of the molecule is CCOC(=O)N=c1ccc2ccccc2n1Cc1ccccc1. The van der Waals surface area contributed by atoms with Crippen molar-refractivity contribution in [2.45, 2.75) is 13.5 Å². The van der Waals surface area contributed by atoms with Gasteiger partial charge in [0.05, 0.1) is 6.61 Å². The molecule has 2 aromatic carbocycles. The van der Waals surface area contributed by atoms with Gasteiger partial charge in [0.2, 0.25) is 0 Å². The highest BCUT2D eigenvalue weighted by Gasteiger charge is 2.05. The van der Waals surface area contributed by atoms with E-state index in [2.05, 4.69) is 17.1 Å². The van der Waals surface area contributed by atoms with Gasteiger partial charge in [0.15, 0.2) is 0 Å². The zero-order chi connectivity index (χ0) is 16.1. The van der Waals surface area contributed by atoms with E-state index in [1.165, 1.54) is 0 Å². The predicted molar refractivity (Wildman–Crippen MR) is 90.1 cm³/mol. The normalized spacial score (nSPS) is 11.6. The average molecular weight is 306 g/mol. The molecule has 0 atom stereocenters. The average Bonchev–Trinajstić information content (AvgIpc) is 2.58. The monoisotopic (exact) mass is 306 g/mol. The molecule has 3 aromatic rings. The summed E-state index contributed by atoms with van der Waals surface area (Å²) in [6.07, 6.45) is -0.565. The zero-order valence-corrected chi connectivity index (χ0v) is 13.0. The fourth-order valence-corrected chi connectivity index (χ4v) is 2.53. The Balaban J connectivity index is 2.16. The molecule has 4 nitrogen and oxygen atoms in total. The van der Waals surface area contributed by atoms with Crippen LogP contribution in [0.1, 0.15) is 12.5 Å². The fourth-order valence-electron chi connectivity index (χ4n) is 2.53. The third kappa shape index (κ3) is 3.48. The standard InChI is InChI=1S/C19H18N2O2/c1-2-23-19(22)20-18-13-12-16-10-6-7-11-17(16)21(18)14-15-8-4-3-5-9-15/h3-13H,2,14H2,1H3. The van der Waals surface area contributed by atoms with E-state index in [-0.39, 0.29) is 0 Å². The minimum absolute atomic E-state index is 0.314. The second kappa shape index (κ2) is 6.92. The molecule has 0 radical (unpaired) electrons. The van der Waals surface area contributed by atoms with Crippen molar-refractivity contribution in [1.29, 1.82) is 0 Å². The minimum atomic E-state index is -0.565. The number of para-hydroxylation sites is 1. The van der Waals surface area contributed by atoms with Crippen LogP contribution in [-0.4, -0.2) is 17.3 Å². The number of rotatable bonds is 3. The van der Waals surface area contributed by atoms with Crippen molar-refractivity contribution < 1.29 is 9.53 Å². The summed E-state index contributed by atoms with van der Waals surface area (Å²) >= 11 is 0. The molecule has 23 heavy (non-hydrogen) atoms. The number of pyridine rings is 1. The molecule has 116 valence electrons. The second-order valence-corrected chi connectivity index (χ2v) is 5.13. The first-order valence-electron chi connectivity index (χ1n) is 7.62. The van der Waals surface area contributed by atoms with Crippen LogP contribution in [0.3, 0.4) is 0 Å². The number of benzene rings is 2. The molecule has 1 amide bonds. The molecular formula is C19H18N2O2. The maximum absolute atomic E-state index is 11.8. The van der Waals surface area contributed by atoms with Crippen molar-refractivity contribution in [3.05, 3.63) is 77.8 Å². The number of nitrogens with zero attached hydrogens (tertiary/aromatic N) is 2. The number of carbonyl (C=O) groups is 1. The highest BCUT2D eigenvalue weighted by Crippen LogP contribution is 2.13. The van der Waals surface area contributed by atoms with E-state index >= 15 is 0 Å². The lowest BCUT2D eigenvalue weighted by molar-refractivity contribution is 0.162. The molecule has 1 heterocycles. The number of aromatic nitrogens is 1. The first-order chi connectivity index (χ1) is 11.3. The Morgan fingerprint density at radius 3 is 2.52 bits per heavy atom. The zero-order valence-electron chi connectivity index (χ0n) is 13.0. The van der Waals surface area contributed by atoms with E-state index in [0.29, 0.717) is 18.6 Å². The summed E-state index contributed by atoms with van der Waals surface area (Å²) in [6.45, 7) is 2.72. The van der Waals surface area contributed by atoms with Crippen LogP contribution in [0, 0.1) is 0 Å². The van der Waals surface area contributed by atoms with Crippen molar-refractivity contribution in [3.63, 3.8) is 0 Å². The molecule has 0 saturated carbocycles. The van der Waals surface area contributed by atoms with Gasteiger partial charge in [0.1, 0.15) is 5.49 Å². The predicted octanol–water partition coefficient (Wildman–Crippen LogP) is 3.75. The van der Waals surface area contributed by atoms with Crippen molar-refractivity contribution in [1.82, 2.24) is 4.57 Å². The maximum atomic E-state index is 11.8. The molecule has 0 aliphatic heterocycles. The second-order valence-electron chi connectivity index (χ2n) is 5.13. The van der Waals surface area contributed by atoms with Crippen LogP contribution < -0.4 is 5.49 Å². The van der Waals surface area contributed by atoms with Crippen LogP contribution in [0.2, 0.25) is 0 Å². The van der Waals surface area contributed by atoms with Gasteiger partial charge in [-0.1, -0.05) is 48.5 Å². The van der Waals surface area contributed by atoms with E-state index in [1.54, 1.807) is 6.92 Å². The Bertz CT molecular complexity index is 883. The summed E-state index contributed by atoms with van der Waals surface area (Å²) in [5.41, 5.74) is 2.77. The summed E-state index contributed by atoms with van der Waals surface area (Å²) in [6, 6.07) is 22.0. The summed E-state index contributed by atoms with van der Waals surface area (Å²) in [7, 11) is 0. The van der Waals surface area contributed by atoms with Crippen molar-refractivity contribution in [2.75, 3.05) is 6.61 Å². The van der Waals surface area contributed by atoms with Crippen LogP contribution in [0.25, 0.3) is 10.9 Å². The van der Waals surface area contributed by atoms with Gasteiger partial charge in [-0.3, -0.25) is 0 Å². The van der Waals surface area contributed by atoms with Gasteiger partial charge in [0, 0.05) is 12.1 Å². The van der Waals surface area contributed by atoms with E-state index in [4.69, 9.17) is 4.74 Å². The van der Waals surface area contributed by atoms with Crippen LogP contribution >= 0.6 is 0 Å². The van der Waals surface area contributed by atoms with Crippen LogP contribution in [0.15, 0.2) is 71.7 Å². The first-order valence-corrected chi connectivity index (χ1v) is 7.62. The maximum Gasteiger partial charge on any atom is 0.435 e. The number of ether oxygens (including phenoxy) is 1. The first kappa shape index (κ1) is 15.0. The molecule has 3 rings (SSSR count). The lowest BCUT2D eigenvalue weighted by Gasteiger charge is -2.12. The summed E-state index contributed by atoms with van der Waals surface area (Å²) < 4.78 is 6.97. The Hall–Kier alpha value is -2.88. The number of carbonyl (C=O) groups excluding carboxylic acids is 1. The van der Waals surface area contributed by atoms with Crippen LogP contribution in [0.4, 0.5) is 4.79 Å². The van der Waals surface area contributed by atoms with E-state index in [0.717, 1.165) is 16.5 Å². The molecule has 0 aliphatic rings. The number of amides is 1. The lowest BCUT2D eigenvalue weighted by Crippen LogP contribution is -2.23. The molecule has 0 N–H and O–H groups in total. The van der Waals surface area contributed by atoms with E-state index < -0.39 is 6.09 Å². The number of hydrogen-bond donors (Lipinski definition) is 0. The van der Waals surface area contributed by atoms with Gasteiger partial charge in [-0.25, -0.2) is 4.79 Å². The van der Waals surface area contributed by atoms with Crippen molar-refractivity contribution >= 4 is 17.0 Å². The third-order valence-electron chi connectivity index (χ3n) is 3.57. The molecule has 4 heteroatoms. The Labute approximate surface area is 134 Å². The summed E-state index contributed by atoms with van der Waals surface area (Å²) in [5.74, 6) is 0. The van der Waals surface area contributed by atoms with E-state index in [9.17, 15) is 4.79 Å². The summed E-state index contributed by atoms with van der Waals surface area (Å²) in [4.78, 5) is 15.8. The Kier molecular flexibility index (Phi) is 4.52. The molecule has 0 aliphatic carbocycles. The third-order valence-corrected chi connectivity index (χ3v) is 3.57. The molecule has 0 saturated heterocycles. The highest BCUT2D eigenvalue weighted by atomic mass is 16.5. The largest absolute Gasteiger partial charge is 0.448 e. The number of hydrogen-bond acceptors (Lipinski definition) is 2. The minimum Gasteiger partial charge on any atom is -0.448 e. The number of fused-ring (bicyclic) bond motifs is 1. The van der Waals surface area contributed by atoms with Gasteiger partial charge in [-0.05, 0) is 36.1 Å². The fraction of sp³-hybridized carbons (Fsp3) is 0.158. The van der Waals surface area contributed by atoms with Gasteiger partial charge < -0.3 is 9.30 Å².